The zero-order valence-electron chi connectivity index (χ0n) is 7.22. The van der Waals surface area contributed by atoms with Gasteiger partial charge in [0.2, 0.25) is 0 Å². The van der Waals surface area contributed by atoms with Gasteiger partial charge in [0.15, 0.2) is 0 Å². The maximum Gasteiger partial charge on any atom is 0.0544 e. The van der Waals surface area contributed by atoms with Crippen LogP contribution in [0.5, 0.6) is 0 Å². The highest BCUT2D eigenvalue weighted by Gasteiger charge is 1.97. The van der Waals surface area contributed by atoms with Crippen LogP contribution in [0.3, 0.4) is 0 Å². The quantitative estimate of drug-likeness (QED) is 0.532. The predicted octanol–water partition coefficient (Wildman–Crippen LogP) is 1.84. The Balaban J connectivity index is 2.89. The Kier molecular flexibility index (Phi) is 6.98. The van der Waals surface area contributed by atoms with Crippen LogP contribution >= 0.6 is 0 Å². The molecule has 2 heteroatoms. The molecule has 0 aromatic heterocycles. The summed E-state index contributed by atoms with van der Waals surface area (Å²) in [5, 5.41) is 0. The van der Waals surface area contributed by atoms with E-state index in [-0.39, 0.29) is 0 Å². The minimum atomic E-state index is 0.375. The van der Waals surface area contributed by atoms with Gasteiger partial charge >= 0.3 is 0 Å². The standard InChI is InChI=1S/C8H18O2/c1-4-10-7-5-6-8(2)9-3/h8H,4-7H2,1-3H3. The van der Waals surface area contributed by atoms with Crippen LogP contribution in [0, 0.1) is 0 Å². The average molecular weight is 146 g/mol. The van der Waals surface area contributed by atoms with E-state index in [2.05, 4.69) is 6.92 Å². The highest BCUT2D eigenvalue weighted by atomic mass is 16.5. The largest absolute Gasteiger partial charge is 0.382 e. The van der Waals surface area contributed by atoms with Crippen LogP contribution in [-0.4, -0.2) is 26.4 Å². The van der Waals surface area contributed by atoms with E-state index in [1.54, 1.807) is 7.11 Å². The summed E-state index contributed by atoms with van der Waals surface area (Å²) in [6, 6.07) is 0. The van der Waals surface area contributed by atoms with Crippen molar-refractivity contribution in [1.29, 1.82) is 0 Å². The molecule has 1 unspecified atom stereocenters. The lowest BCUT2D eigenvalue weighted by atomic mass is 10.2. The highest BCUT2D eigenvalue weighted by molar-refractivity contribution is 4.47. The topological polar surface area (TPSA) is 18.5 Å². The summed E-state index contributed by atoms with van der Waals surface area (Å²) in [6.45, 7) is 5.78. The molecule has 62 valence electrons. The minimum Gasteiger partial charge on any atom is -0.382 e. The molecule has 2 nitrogen and oxygen atoms in total. The molecule has 0 rings (SSSR count). The van der Waals surface area contributed by atoms with E-state index < -0.39 is 0 Å². The lowest BCUT2D eigenvalue weighted by Crippen LogP contribution is -2.06. The third-order valence-corrected chi connectivity index (χ3v) is 1.51. The van der Waals surface area contributed by atoms with Gasteiger partial charge in [-0.3, -0.25) is 0 Å². The summed E-state index contributed by atoms with van der Waals surface area (Å²) in [6.07, 6.45) is 2.57. The van der Waals surface area contributed by atoms with Crippen molar-refractivity contribution in [3.8, 4) is 0 Å². The normalized spacial score (nSPS) is 13.5. The molecule has 0 heterocycles. The molecule has 0 aliphatic rings. The second-order valence-corrected chi connectivity index (χ2v) is 2.39. The maximum absolute atomic E-state index is 5.17. The van der Waals surface area contributed by atoms with Crippen LogP contribution in [0.4, 0.5) is 0 Å². The van der Waals surface area contributed by atoms with E-state index in [0.29, 0.717) is 6.10 Å². The van der Waals surface area contributed by atoms with E-state index in [9.17, 15) is 0 Å². The van der Waals surface area contributed by atoms with Gasteiger partial charge in [0.1, 0.15) is 0 Å². The first-order chi connectivity index (χ1) is 4.81. The summed E-state index contributed by atoms with van der Waals surface area (Å²) in [7, 11) is 1.74. The molecule has 0 radical (unpaired) electrons. The van der Waals surface area contributed by atoms with Gasteiger partial charge in [-0.15, -0.1) is 0 Å². The fourth-order valence-electron chi connectivity index (χ4n) is 0.735. The summed E-state index contributed by atoms with van der Waals surface area (Å²) < 4.78 is 10.2. The lowest BCUT2D eigenvalue weighted by Gasteiger charge is -2.07. The fraction of sp³-hybridized carbons (Fsp3) is 1.00. The van der Waals surface area contributed by atoms with Crippen LogP contribution in [-0.2, 0) is 9.47 Å². The van der Waals surface area contributed by atoms with Crippen molar-refractivity contribution in [2.24, 2.45) is 0 Å². The number of hydrogen-bond donors (Lipinski definition) is 0. The minimum absolute atomic E-state index is 0.375. The molecule has 0 aliphatic carbocycles. The Labute approximate surface area is 63.5 Å². The molecule has 0 saturated carbocycles. The van der Waals surface area contributed by atoms with Gasteiger partial charge in [-0.1, -0.05) is 0 Å². The zero-order chi connectivity index (χ0) is 7.82. The van der Waals surface area contributed by atoms with E-state index in [0.717, 1.165) is 26.1 Å². The van der Waals surface area contributed by atoms with Crippen molar-refractivity contribution in [3.63, 3.8) is 0 Å². The van der Waals surface area contributed by atoms with Crippen molar-refractivity contribution in [1.82, 2.24) is 0 Å². The lowest BCUT2D eigenvalue weighted by molar-refractivity contribution is 0.0888. The molecule has 0 aromatic rings. The van der Waals surface area contributed by atoms with E-state index in [1.807, 2.05) is 6.92 Å². The first kappa shape index (κ1) is 9.92. The SMILES string of the molecule is CCOCCCC(C)OC. The van der Waals surface area contributed by atoms with Crippen molar-refractivity contribution in [3.05, 3.63) is 0 Å². The smallest absolute Gasteiger partial charge is 0.0544 e. The Hall–Kier alpha value is -0.0800. The molecule has 0 amide bonds. The van der Waals surface area contributed by atoms with Crippen molar-refractivity contribution < 1.29 is 9.47 Å². The van der Waals surface area contributed by atoms with Gasteiger partial charge in [0.25, 0.3) is 0 Å². The number of methoxy groups -OCH3 is 1. The molecule has 0 N–H and O–H groups in total. The molecular formula is C8H18O2. The zero-order valence-corrected chi connectivity index (χ0v) is 7.22. The fourth-order valence-corrected chi connectivity index (χ4v) is 0.735. The van der Waals surface area contributed by atoms with Crippen molar-refractivity contribution >= 4 is 0 Å². The second kappa shape index (κ2) is 7.03. The predicted molar refractivity (Wildman–Crippen MR) is 42.2 cm³/mol. The number of rotatable bonds is 6. The van der Waals surface area contributed by atoms with Gasteiger partial charge < -0.3 is 9.47 Å². The Morgan fingerprint density at radius 1 is 1.40 bits per heavy atom. The second-order valence-electron chi connectivity index (χ2n) is 2.39. The van der Waals surface area contributed by atoms with Gasteiger partial charge in [-0.05, 0) is 26.7 Å². The third kappa shape index (κ3) is 6.05. The Morgan fingerprint density at radius 3 is 2.60 bits per heavy atom. The van der Waals surface area contributed by atoms with Crippen LogP contribution in [0.2, 0.25) is 0 Å². The molecule has 0 spiro atoms. The monoisotopic (exact) mass is 146 g/mol. The average Bonchev–Trinajstić information content (AvgIpc) is 1.98. The molecule has 10 heavy (non-hydrogen) atoms. The molecule has 0 bridgehead atoms. The highest BCUT2D eigenvalue weighted by Crippen LogP contribution is 1.99. The Morgan fingerprint density at radius 2 is 2.10 bits per heavy atom. The van der Waals surface area contributed by atoms with Gasteiger partial charge in [-0.25, -0.2) is 0 Å². The summed E-state index contributed by atoms with van der Waals surface area (Å²) in [5.74, 6) is 0. The molecule has 0 aliphatic heterocycles. The molecule has 0 fully saturated rings. The summed E-state index contributed by atoms with van der Waals surface area (Å²) in [4.78, 5) is 0. The van der Waals surface area contributed by atoms with Crippen molar-refractivity contribution in [2.75, 3.05) is 20.3 Å². The number of ether oxygens (including phenoxy) is 2. The van der Waals surface area contributed by atoms with Crippen LogP contribution in [0.25, 0.3) is 0 Å². The molecular weight excluding hydrogens is 128 g/mol. The molecule has 1 atom stereocenters. The van der Waals surface area contributed by atoms with Crippen LogP contribution in [0.1, 0.15) is 26.7 Å². The van der Waals surface area contributed by atoms with Gasteiger partial charge in [-0.2, -0.15) is 0 Å². The summed E-state index contributed by atoms with van der Waals surface area (Å²) in [5.41, 5.74) is 0. The van der Waals surface area contributed by atoms with E-state index >= 15 is 0 Å². The first-order valence-corrected chi connectivity index (χ1v) is 3.91. The number of hydrogen-bond acceptors (Lipinski definition) is 2. The van der Waals surface area contributed by atoms with E-state index in [1.165, 1.54) is 0 Å². The van der Waals surface area contributed by atoms with Crippen LogP contribution in [0.15, 0.2) is 0 Å². The van der Waals surface area contributed by atoms with E-state index in [4.69, 9.17) is 9.47 Å². The van der Waals surface area contributed by atoms with Crippen molar-refractivity contribution in [2.45, 2.75) is 32.8 Å². The van der Waals surface area contributed by atoms with Gasteiger partial charge in [0, 0.05) is 20.3 Å². The third-order valence-electron chi connectivity index (χ3n) is 1.51. The van der Waals surface area contributed by atoms with Crippen LogP contribution < -0.4 is 0 Å². The summed E-state index contributed by atoms with van der Waals surface area (Å²) >= 11 is 0. The molecule has 0 saturated heterocycles. The first-order valence-electron chi connectivity index (χ1n) is 3.91. The Bertz CT molecular complexity index is 64.3. The maximum atomic E-state index is 5.17. The van der Waals surface area contributed by atoms with Gasteiger partial charge in [0.05, 0.1) is 6.10 Å². The molecule has 0 aromatic carbocycles.